The molecule has 0 radical (unpaired) electrons. The van der Waals surface area contributed by atoms with E-state index in [1.54, 1.807) is 0 Å². The number of rotatable bonds is 2. The van der Waals surface area contributed by atoms with Crippen LogP contribution in [0.15, 0.2) is 48.5 Å². The van der Waals surface area contributed by atoms with E-state index < -0.39 is 17.6 Å². The van der Waals surface area contributed by atoms with Gasteiger partial charge in [0.25, 0.3) is 0 Å². The molecular weight excluding hydrogens is 420 g/mol. The van der Waals surface area contributed by atoms with Gasteiger partial charge in [-0.15, -0.1) is 0 Å². The van der Waals surface area contributed by atoms with Crippen LogP contribution in [0.1, 0.15) is 25.0 Å². The molecule has 0 saturated carbocycles. The van der Waals surface area contributed by atoms with Crippen molar-refractivity contribution in [1.82, 2.24) is 0 Å². The van der Waals surface area contributed by atoms with Gasteiger partial charge in [0.05, 0.1) is 0 Å². The van der Waals surface area contributed by atoms with Gasteiger partial charge in [0.2, 0.25) is 0 Å². The summed E-state index contributed by atoms with van der Waals surface area (Å²) in [6.45, 7) is 4.32. The molecule has 2 aromatic carbocycles. The van der Waals surface area contributed by atoms with Crippen molar-refractivity contribution in [2.75, 3.05) is 0 Å². The van der Waals surface area contributed by atoms with Gasteiger partial charge in [0.1, 0.15) is 0 Å². The fourth-order valence-electron chi connectivity index (χ4n) is 1.30. The first kappa shape index (κ1) is 17.0. The topological polar surface area (TPSA) is 0 Å². The van der Waals surface area contributed by atoms with Gasteiger partial charge in [0.15, 0.2) is 0 Å². The zero-order chi connectivity index (χ0) is 12.9. The number of aryl methyl sites for hydroxylation is 2. The third-order valence-corrected chi connectivity index (χ3v) is 2.28. The normalized spacial score (nSPS) is 8.47. The Labute approximate surface area is 122 Å². The van der Waals surface area contributed by atoms with Crippen LogP contribution < -0.4 is 0 Å². The molecule has 0 bridgehead atoms. The molecule has 0 unspecified atom stereocenters. The van der Waals surface area contributed by atoms with E-state index >= 15 is 0 Å². The Hall–Kier alpha value is 0.0203. The first-order valence-electron chi connectivity index (χ1n) is 5.61. The van der Waals surface area contributed by atoms with Gasteiger partial charge in [-0.25, -0.2) is 24.3 Å². The molecule has 3 heteroatoms. The maximum atomic E-state index is 4.94. The van der Waals surface area contributed by atoms with Crippen LogP contribution in [-0.2, 0) is 30.4 Å². The molecule has 0 heterocycles. The SMILES string of the molecule is CC[c-]1cccc1.CC[c-]1cccc1.[Cl][Ta][Cl]. The zero-order valence-electron chi connectivity index (χ0n) is 10.2. The van der Waals surface area contributed by atoms with Crippen molar-refractivity contribution >= 4 is 18.4 Å². The van der Waals surface area contributed by atoms with Crippen LogP contribution in [-0.4, -0.2) is 0 Å². The molecule has 0 saturated heterocycles. The Bertz CT molecular complexity index is 291. The molecule has 2 rings (SSSR count). The molecule has 0 nitrogen and oxygen atoms in total. The fraction of sp³-hybridized carbons (Fsp3) is 0.286. The Morgan fingerprint density at radius 1 is 0.765 bits per heavy atom. The number of hydrogen-bond donors (Lipinski definition) is 0. The van der Waals surface area contributed by atoms with Crippen molar-refractivity contribution in [3.8, 4) is 0 Å². The average Bonchev–Trinajstić information content (AvgIpc) is 3.04. The van der Waals surface area contributed by atoms with Crippen molar-refractivity contribution in [2.24, 2.45) is 0 Å². The summed E-state index contributed by atoms with van der Waals surface area (Å²) < 4.78 is 0. The Balaban J connectivity index is 0.000000247. The fourth-order valence-corrected chi connectivity index (χ4v) is 1.30. The van der Waals surface area contributed by atoms with Crippen LogP contribution in [0, 0.1) is 0 Å². The van der Waals surface area contributed by atoms with E-state index in [-0.39, 0.29) is 0 Å². The molecule has 2 aromatic rings. The Morgan fingerprint density at radius 2 is 1.00 bits per heavy atom. The Morgan fingerprint density at radius 3 is 1.12 bits per heavy atom. The second kappa shape index (κ2) is 12.5. The Kier molecular flexibility index (Phi) is 12.5. The molecule has 0 spiro atoms. The molecule has 0 aliphatic carbocycles. The van der Waals surface area contributed by atoms with E-state index in [1.165, 1.54) is 11.1 Å². The minimum atomic E-state index is -0.889. The summed E-state index contributed by atoms with van der Waals surface area (Å²) in [5.74, 6) is 0. The summed E-state index contributed by atoms with van der Waals surface area (Å²) in [6.07, 6.45) is 2.32. The summed E-state index contributed by atoms with van der Waals surface area (Å²) in [7, 11) is 9.89. The summed E-state index contributed by atoms with van der Waals surface area (Å²) in [4.78, 5) is 0. The van der Waals surface area contributed by atoms with Gasteiger partial charge in [0, 0.05) is 0 Å². The second-order valence-corrected chi connectivity index (χ2v) is 8.00. The van der Waals surface area contributed by atoms with E-state index in [4.69, 9.17) is 18.4 Å². The van der Waals surface area contributed by atoms with Crippen molar-refractivity contribution in [1.29, 1.82) is 0 Å². The predicted octanol–water partition coefficient (Wildman–Crippen LogP) is 5.31. The molecule has 0 aliphatic rings. The standard InChI is InChI=1S/2C7H9.2ClH.Ta/c2*1-2-7-5-3-4-6-7;;;/h2*3-6H,2H2,1H3;2*1H;/q2*-1;;;+2/p-2. The molecule has 0 amide bonds. The first-order valence-corrected chi connectivity index (χ1v) is 13.6. The molecular formula is C14H18Cl2Ta-2. The van der Waals surface area contributed by atoms with Crippen LogP contribution in [0.25, 0.3) is 0 Å². The van der Waals surface area contributed by atoms with Crippen LogP contribution in [0.5, 0.6) is 0 Å². The predicted molar refractivity (Wildman–Crippen MR) is 74.5 cm³/mol. The van der Waals surface area contributed by atoms with Gasteiger partial charge < -0.3 is 0 Å². The summed E-state index contributed by atoms with van der Waals surface area (Å²) in [5.41, 5.74) is 2.86. The third kappa shape index (κ3) is 9.70. The maximum absolute atomic E-state index is 4.94. The minimum absolute atomic E-state index is 0.889. The van der Waals surface area contributed by atoms with E-state index in [1.807, 2.05) is 0 Å². The van der Waals surface area contributed by atoms with Crippen molar-refractivity contribution in [3.63, 3.8) is 0 Å². The van der Waals surface area contributed by atoms with Crippen LogP contribution >= 0.6 is 18.4 Å². The summed E-state index contributed by atoms with van der Waals surface area (Å²) in [5, 5.41) is 0. The zero-order valence-corrected chi connectivity index (χ0v) is 15.0. The monoisotopic (exact) mass is 437 g/mol. The van der Waals surface area contributed by atoms with Gasteiger partial charge in [-0.05, 0) is 0 Å². The van der Waals surface area contributed by atoms with E-state index in [0.29, 0.717) is 0 Å². The number of halogens is 2. The molecule has 0 atom stereocenters. The van der Waals surface area contributed by atoms with E-state index in [0.717, 1.165) is 12.8 Å². The first-order chi connectivity index (χ1) is 8.28. The summed E-state index contributed by atoms with van der Waals surface area (Å²) in [6, 6.07) is 16.8. The van der Waals surface area contributed by atoms with E-state index in [2.05, 4.69) is 62.4 Å². The van der Waals surface area contributed by atoms with Gasteiger partial charge in [-0.2, -0.15) is 35.4 Å². The quantitative estimate of drug-likeness (QED) is 0.558. The molecule has 0 N–H and O–H groups in total. The molecule has 17 heavy (non-hydrogen) atoms. The second-order valence-electron chi connectivity index (χ2n) is 3.36. The van der Waals surface area contributed by atoms with Crippen LogP contribution in [0.2, 0.25) is 0 Å². The van der Waals surface area contributed by atoms with E-state index in [9.17, 15) is 0 Å². The van der Waals surface area contributed by atoms with Crippen molar-refractivity contribution in [3.05, 3.63) is 59.7 Å². The molecule has 95 valence electrons. The molecule has 0 fully saturated rings. The molecule has 0 aliphatic heterocycles. The number of hydrogen-bond acceptors (Lipinski definition) is 0. The van der Waals surface area contributed by atoms with Gasteiger partial charge in [-0.3, -0.25) is 0 Å². The van der Waals surface area contributed by atoms with Crippen LogP contribution in [0.3, 0.4) is 0 Å². The van der Waals surface area contributed by atoms with Gasteiger partial charge in [-0.1, -0.05) is 26.7 Å². The van der Waals surface area contributed by atoms with Crippen LogP contribution in [0.4, 0.5) is 0 Å². The van der Waals surface area contributed by atoms with Crippen molar-refractivity contribution < 1.29 is 17.6 Å². The summed E-state index contributed by atoms with van der Waals surface area (Å²) >= 11 is -0.889. The average molecular weight is 438 g/mol. The third-order valence-electron chi connectivity index (χ3n) is 2.28. The van der Waals surface area contributed by atoms with Gasteiger partial charge >= 0.3 is 36.0 Å². The molecule has 0 aromatic heterocycles. The van der Waals surface area contributed by atoms with Crippen molar-refractivity contribution in [2.45, 2.75) is 26.7 Å².